The second kappa shape index (κ2) is 9.77. The summed E-state index contributed by atoms with van der Waals surface area (Å²) in [5.41, 5.74) is 4.51. The lowest BCUT2D eigenvalue weighted by Crippen LogP contribution is -2.41. The van der Waals surface area contributed by atoms with Gasteiger partial charge in [-0.05, 0) is 54.3 Å². The molecule has 3 aromatic rings. The number of hydrogen-bond donors (Lipinski definition) is 0. The average Bonchev–Trinajstić information content (AvgIpc) is 2.84. The number of hydrogen-bond acceptors (Lipinski definition) is 4. The third kappa shape index (κ3) is 4.57. The molecule has 4 rings (SSSR count). The third-order valence-electron chi connectivity index (χ3n) is 5.91. The maximum atomic E-state index is 13.3. The van der Waals surface area contributed by atoms with Crippen LogP contribution in [0.2, 0.25) is 0 Å². The normalized spacial score (nSPS) is 15.1. The molecule has 1 atom stereocenters. The van der Waals surface area contributed by atoms with Gasteiger partial charge in [-0.2, -0.15) is 0 Å². The monoisotopic (exact) mass is 431 g/mol. The summed E-state index contributed by atoms with van der Waals surface area (Å²) < 4.78 is 16.9. The number of rotatable bonds is 7. The Balaban J connectivity index is 1.58. The standard InChI is InChI=1S/C27H29NO4/c1-19-9-11-22(12-10-19)32-16-14-26(29)28-15-13-21-17-24(30-2)25(31-3)18-23(21)27(28)20-7-5-4-6-8-20/h4-12,17-18,27H,13-16H2,1-3H3. The zero-order valence-corrected chi connectivity index (χ0v) is 18.8. The average molecular weight is 432 g/mol. The predicted molar refractivity (Wildman–Crippen MR) is 125 cm³/mol. The second-order valence-corrected chi connectivity index (χ2v) is 7.97. The highest BCUT2D eigenvalue weighted by Crippen LogP contribution is 2.41. The molecule has 5 heteroatoms. The number of methoxy groups -OCH3 is 2. The quantitative estimate of drug-likeness (QED) is 0.531. The minimum absolute atomic E-state index is 0.0754. The van der Waals surface area contributed by atoms with E-state index in [4.69, 9.17) is 14.2 Å². The Morgan fingerprint density at radius 1 is 0.969 bits per heavy atom. The summed E-state index contributed by atoms with van der Waals surface area (Å²) in [7, 11) is 3.28. The lowest BCUT2D eigenvalue weighted by Gasteiger charge is -2.38. The number of carbonyl (C=O) groups excluding carboxylic acids is 1. The van der Waals surface area contributed by atoms with Crippen molar-refractivity contribution in [1.82, 2.24) is 4.90 Å². The minimum Gasteiger partial charge on any atom is -0.493 e. The van der Waals surface area contributed by atoms with Crippen LogP contribution in [0.15, 0.2) is 66.7 Å². The van der Waals surface area contributed by atoms with E-state index in [1.807, 2.05) is 66.4 Å². The Labute approximate surface area is 189 Å². The van der Waals surface area contributed by atoms with Gasteiger partial charge >= 0.3 is 0 Å². The lowest BCUT2D eigenvalue weighted by molar-refractivity contribution is -0.133. The van der Waals surface area contributed by atoms with Crippen molar-refractivity contribution in [2.75, 3.05) is 27.4 Å². The molecule has 0 radical (unpaired) electrons. The van der Waals surface area contributed by atoms with Crippen molar-refractivity contribution in [3.63, 3.8) is 0 Å². The molecule has 32 heavy (non-hydrogen) atoms. The van der Waals surface area contributed by atoms with E-state index in [2.05, 4.69) is 12.1 Å². The summed E-state index contributed by atoms with van der Waals surface area (Å²) in [6.45, 7) is 3.03. The first-order valence-corrected chi connectivity index (χ1v) is 10.9. The van der Waals surface area contributed by atoms with Gasteiger partial charge in [-0.25, -0.2) is 0 Å². The molecule has 0 saturated carbocycles. The first-order valence-electron chi connectivity index (χ1n) is 10.9. The van der Waals surface area contributed by atoms with Crippen molar-refractivity contribution in [3.05, 3.63) is 89.0 Å². The fourth-order valence-electron chi connectivity index (χ4n) is 4.24. The molecule has 1 heterocycles. The van der Waals surface area contributed by atoms with Crippen LogP contribution in [-0.4, -0.2) is 38.2 Å². The first kappa shape index (κ1) is 21.8. The van der Waals surface area contributed by atoms with Crippen LogP contribution in [0.1, 0.15) is 34.7 Å². The molecule has 0 aliphatic carbocycles. The van der Waals surface area contributed by atoms with Crippen molar-refractivity contribution in [3.8, 4) is 17.2 Å². The molecule has 0 aromatic heterocycles. The number of nitrogens with zero attached hydrogens (tertiary/aromatic N) is 1. The van der Waals surface area contributed by atoms with E-state index in [1.54, 1.807) is 14.2 Å². The molecule has 0 bridgehead atoms. The van der Waals surface area contributed by atoms with E-state index >= 15 is 0 Å². The Morgan fingerprint density at radius 3 is 2.34 bits per heavy atom. The summed E-state index contributed by atoms with van der Waals surface area (Å²) in [4.78, 5) is 15.3. The van der Waals surface area contributed by atoms with E-state index in [9.17, 15) is 4.79 Å². The summed E-state index contributed by atoms with van der Waals surface area (Å²) in [5, 5.41) is 0. The summed E-state index contributed by atoms with van der Waals surface area (Å²) in [5.74, 6) is 2.24. The maximum Gasteiger partial charge on any atom is 0.226 e. The predicted octanol–water partition coefficient (Wildman–Crippen LogP) is 4.96. The topological polar surface area (TPSA) is 48.0 Å². The zero-order chi connectivity index (χ0) is 22.5. The first-order chi connectivity index (χ1) is 15.6. The van der Waals surface area contributed by atoms with Gasteiger partial charge in [0.05, 0.1) is 33.3 Å². The Bertz CT molecular complexity index is 1060. The van der Waals surface area contributed by atoms with Gasteiger partial charge in [-0.1, -0.05) is 48.0 Å². The van der Waals surface area contributed by atoms with Crippen LogP contribution in [0.25, 0.3) is 0 Å². The van der Waals surface area contributed by atoms with Crippen molar-refractivity contribution in [2.24, 2.45) is 0 Å². The summed E-state index contributed by atoms with van der Waals surface area (Å²) >= 11 is 0. The fraction of sp³-hybridized carbons (Fsp3) is 0.296. The number of carbonyl (C=O) groups is 1. The number of fused-ring (bicyclic) bond motifs is 1. The van der Waals surface area contributed by atoms with Crippen LogP contribution >= 0.6 is 0 Å². The van der Waals surface area contributed by atoms with Crippen molar-refractivity contribution in [1.29, 1.82) is 0 Å². The van der Waals surface area contributed by atoms with Gasteiger partial charge in [0, 0.05) is 6.54 Å². The highest BCUT2D eigenvalue weighted by Gasteiger charge is 2.33. The highest BCUT2D eigenvalue weighted by molar-refractivity contribution is 5.78. The maximum absolute atomic E-state index is 13.3. The molecule has 1 unspecified atom stereocenters. The van der Waals surface area contributed by atoms with Crippen molar-refractivity contribution < 1.29 is 19.0 Å². The summed E-state index contributed by atoms with van der Waals surface area (Å²) in [6, 6.07) is 21.9. The molecule has 0 fully saturated rings. The van der Waals surface area contributed by atoms with Crippen molar-refractivity contribution in [2.45, 2.75) is 25.8 Å². The van der Waals surface area contributed by atoms with E-state index in [1.165, 1.54) is 11.1 Å². The number of ether oxygens (including phenoxy) is 3. The van der Waals surface area contributed by atoms with Crippen LogP contribution in [0.5, 0.6) is 17.2 Å². The van der Waals surface area contributed by atoms with Crippen LogP contribution in [0, 0.1) is 6.92 Å². The molecule has 166 valence electrons. The highest BCUT2D eigenvalue weighted by atomic mass is 16.5. The fourth-order valence-corrected chi connectivity index (χ4v) is 4.24. The smallest absolute Gasteiger partial charge is 0.226 e. The van der Waals surface area contributed by atoms with Gasteiger partial charge in [0.1, 0.15) is 5.75 Å². The lowest BCUT2D eigenvalue weighted by atomic mass is 9.87. The van der Waals surface area contributed by atoms with Crippen LogP contribution in [0.3, 0.4) is 0 Å². The number of amides is 1. The van der Waals surface area contributed by atoms with E-state index in [0.29, 0.717) is 31.1 Å². The number of benzene rings is 3. The third-order valence-corrected chi connectivity index (χ3v) is 5.91. The van der Waals surface area contributed by atoms with Gasteiger partial charge in [0.25, 0.3) is 0 Å². The van der Waals surface area contributed by atoms with E-state index in [0.717, 1.165) is 23.3 Å². The van der Waals surface area contributed by atoms with Gasteiger partial charge in [0.15, 0.2) is 11.5 Å². The van der Waals surface area contributed by atoms with Crippen molar-refractivity contribution >= 4 is 5.91 Å². The molecule has 0 saturated heterocycles. The summed E-state index contributed by atoms with van der Waals surface area (Å²) in [6.07, 6.45) is 1.09. The largest absolute Gasteiger partial charge is 0.493 e. The number of aryl methyl sites for hydroxylation is 1. The molecule has 0 N–H and O–H groups in total. The van der Waals surface area contributed by atoms with Gasteiger partial charge < -0.3 is 19.1 Å². The van der Waals surface area contributed by atoms with E-state index < -0.39 is 0 Å². The van der Waals surface area contributed by atoms with Gasteiger partial charge in [-0.15, -0.1) is 0 Å². The molecule has 3 aromatic carbocycles. The molecule has 5 nitrogen and oxygen atoms in total. The zero-order valence-electron chi connectivity index (χ0n) is 18.8. The van der Waals surface area contributed by atoms with E-state index in [-0.39, 0.29) is 11.9 Å². The van der Waals surface area contributed by atoms with Crippen LogP contribution in [0.4, 0.5) is 0 Å². The Kier molecular flexibility index (Phi) is 6.64. The van der Waals surface area contributed by atoms with Gasteiger partial charge in [0.2, 0.25) is 5.91 Å². The Hall–Kier alpha value is -3.47. The van der Waals surface area contributed by atoms with Gasteiger partial charge in [-0.3, -0.25) is 4.79 Å². The SMILES string of the molecule is COc1cc2c(cc1OC)C(c1ccccc1)N(C(=O)CCOc1ccc(C)cc1)CC2. The molecule has 0 spiro atoms. The minimum atomic E-state index is -0.174. The van der Waals surface area contributed by atoms with Crippen LogP contribution < -0.4 is 14.2 Å². The second-order valence-electron chi connectivity index (χ2n) is 7.97. The molecular formula is C27H29NO4. The molecule has 1 aliphatic rings. The molecule has 1 amide bonds. The Morgan fingerprint density at radius 2 is 1.66 bits per heavy atom. The molecular weight excluding hydrogens is 402 g/mol. The van der Waals surface area contributed by atoms with Crippen LogP contribution in [-0.2, 0) is 11.2 Å². The molecule has 1 aliphatic heterocycles.